The molecule has 4 N–H and O–H groups in total. The Morgan fingerprint density at radius 3 is 2.67 bits per heavy atom. The molecule has 1 aromatic heterocycles. The molecule has 0 saturated carbocycles. The zero-order valence-corrected chi connectivity index (χ0v) is 17.7. The number of hydrogen-bond acceptors (Lipinski definition) is 5. The molecule has 1 aliphatic heterocycles. The average Bonchev–Trinajstić information content (AvgIpc) is 2.95. The Morgan fingerprint density at radius 1 is 1.17 bits per heavy atom. The molecule has 0 spiro atoms. The fourth-order valence-corrected chi connectivity index (χ4v) is 3.79. The van der Waals surface area contributed by atoms with Crippen molar-refractivity contribution in [2.75, 3.05) is 0 Å². The molecule has 1 atom stereocenters. The summed E-state index contributed by atoms with van der Waals surface area (Å²) in [6.07, 6.45) is 10.0. The standard InChI is InChI=1S/C24H23ClN2O.H4N2/c1-17(7-8-19-11-13-26-14-12-19)18(2)27-16-20-5-3-4-6-23(20)28-24-10-9-21(25)15-22(24)27;1-2/h3-6,9,11-15,24H,1-2,7-8,10,16H2;1-2H2. The van der Waals surface area contributed by atoms with E-state index in [1.165, 1.54) is 5.56 Å². The van der Waals surface area contributed by atoms with Crippen molar-refractivity contribution in [1.82, 2.24) is 9.88 Å². The highest BCUT2D eigenvalue weighted by Crippen LogP contribution is 2.37. The quantitative estimate of drug-likeness (QED) is 0.419. The molecule has 1 aromatic carbocycles. The maximum Gasteiger partial charge on any atom is 0.142 e. The second-order valence-corrected chi connectivity index (χ2v) is 7.54. The predicted molar refractivity (Wildman–Crippen MR) is 122 cm³/mol. The highest BCUT2D eigenvalue weighted by Gasteiger charge is 2.30. The molecule has 2 aromatic rings. The first kappa shape index (κ1) is 21.8. The normalized spacial score (nSPS) is 17.0. The third-order valence-electron chi connectivity index (χ3n) is 5.22. The Labute approximate surface area is 183 Å². The monoisotopic (exact) mass is 422 g/mol. The Hall–Kier alpha value is -2.86. The van der Waals surface area contributed by atoms with Gasteiger partial charge in [-0.15, -0.1) is 0 Å². The number of halogens is 1. The van der Waals surface area contributed by atoms with Gasteiger partial charge < -0.3 is 9.64 Å². The van der Waals surface area contributed by atoms with Gasteiger partial charge in [0.1, 0.15) is 11.9 Å². The number of hydrogen-bond donors (Lipinski definition) is 2. The summed E-state index contributed by atoms with van der Waals surface area (Å²) in [5.74, 6) is 8.92. The lowest BCUT2D eigenvalue weighted by Crippen LogP contribution is -2.31. The largest absolute Gasteiger partial charge is 0.484 e. The highest BCUT2D eigenvalue weighted by atomic mass is 35.5. The van der Waals surface area contributed by atoms with Crippen LogP contribution in [-0.4, -0.2) is 16.0 Å². The van der Waals surface area contributed by atoms with E-state index in [9.17, 15) is 0 Å². The van der Waals surface area contributed by atoms with E-state index in [1.54, 1.807) is 0 Å². The van der Waals surface area contributed by atoms with Gasteiger partial charge in [0.2, 0.25) is 0 Å². The van der Waals surface area contributed by atoms with Crippen LogP contribution >= 0.6 is 11.6 Å². The second kappa shape index (κ2) is 10.3. The molecular weight excluding hydrogens is 396 g/mol. The molecule has 0 saturated heterocycles. The van der Waals surface area contributed by atoms with Crippen molar-refractivity contribution in [2.45, 2.75) is 31.9 Å². The minimum absolute atomic E-state index is 0.0732. The summed E-state index contributed by atoms with van der Waals surface area (Å²) in [6, 6.07) is 12.2. The Bertz CT molecular complexity index is 968. The van der Waals surface area contributed by atoms with E-state index in [2.05, 4.69) is 40.8 Å². The van der Waals surface area contributed by atoms with E-state index >= 15 is 0 Å². The number of benzene rings is 1. The number of fused-ring (bicyclic) bond motifs is 2. The van der Waals surface area contributed by atoms with Crippen molar-refractivity contribution in [2.24, 2.45) is 11.7 Å². The molecule has 6 heteroatoms. The molecule has 0 bridgehead atoms. The number of aromatic nitrogens is 1. The van der Waals surface area contributed by atoms with Gasteiger partial charge in [-0.25, -0.2) is 0 Å². The van der Waals surface area contributed by atoms with E-state index in [4.69, 9.17) is 16.3 Å². The third kappa shape index (κ3) is 5.00. The summed E-state index contributed by atoms with van der Waals surface area (Å²) in [5.41, 5.74) is 5.35. The van der Waals surface area contributed by atoms with Crippen LogP contribution in [0.25, 0.3) is 0 Å². The number of hydrazine groups is 1. The SMILES string of the molecule is C=C(CCc1ccncc1)C(=C)N1Cc2ccccc2OC2CC=C(Cl)C=C21.NN. The van der Waals surface area contributed by atoms with Crippen LogP contribution in [0.15, 0.2) is 96.1 Å². The van der Waals surface area contributed by atoms with Gasteiger partial charge in [0.05, 0.1) is 12.2 Å². The van der Waals surface area contributed by atoms with Crippen molar-refractivity contribution in [1.29, 1.82) is 0 Å². The number of para-hydroxylation sites is 1. The lowest BCUT2D eigenvalue weighted by Gasteiger charge is -2.33. The summed E-state index contributed by atoms with van der Waals surface area (Å²) >= 11 is 6.34. The molecule has 0 radical (unpaired) electrons. The topological polar surface area (TPSA) is 77.4 Å². The molecule has 2 heterocycles. The molecule has 4 rings (SSSR count). The number of nitrogens with two attached hydrogens (primary N) is 2. The van der Waals surface area contributed by atoms with Crippen LogP contribution in [0.2, 0.25) is 0 Å². The van der Waals surface area contributed by atoms with Crippen LogP contribution < -0.4 is 16.4 Å². The number of pyridine rings is 1. The maximum atomic E-state index is 6.34. The van der Waals surface area contributed by atoms with Crippen LogP contribution in [0.1, 0.15) is 24.0 Å². The molecule has 0 amide bonds. The number of nitrogens with zero attached hydrogens (tertiary/aromatic N) is 2. The van der Waals surface area contributed by atoms with Crippen LogP contribution in [-0.2, 0) is 13.0 Å². The number of rotatable bonds is 5. The zero-order chi connectivity index (χ0) is 21.5. The lowest BCUT2D eigenvalue weighted by atomic mass is 10.0. The Kier molecular flexibility index (Phi) is 7.46. The lowest BCUT2D eigenvalue weighted by molar-refractivity contribution is 0.213. The third-order valence-corrected chi connectivity index (χ3v) is 5.49. The van der Waals surface area contributed by atoms with Crippen molar-refractivity contribution in [3.05, 3.63) is 107 Å². The highest BCUT2D eigenvalue weighted by molar-refractivity contribution is 6.31. The van der Waals surface area contributed by atoms with E-state index in [1.807, 2.05) is 54.9 Å². The molecule has 0 fully saturated rings. The van der Waals surface area contributed by atoms with E-state index in [-0.39, 0.29) is 6.10 Å². The van der Waals surface area contributed by atoms with Gasteiger partial charge >= 0.3 is 0 Å². The molecule has 156 valence electrons. The Morgan fingerprint density at radius 2 is 1.90 bits per heavy atom. The smallest absolute Gasteiger partial charge is 0.142 e. The second-order valence-electron chi connectivity index (χ2n) is 7.10. The zero-order valence-electron chi connectivity index (χ0n) is 16.9. The molecule has 5 nitrogen and oxygen atoms in total. The number of allylic oxidation sites excluding steroid dienone is 3. The number of aryl methyl sites for hydroxylation is 1. The van der Waals surface area contributed by atoms with E-state index in [0.29, 0.717) is 6.54 Å². The van der Waals surface area contributed by atoms with Gasteiger partial charge in [-0.05, 0) is 48.3 Å². The molecular formula is C24H27ClN4O. The minimum Gasteiger partial charge on any atom is -0.484 e. The summed E-state index contributed by atoms with van der Waals surface area (Å²) in [6.45, 7) is 9.38. The van der Waals surface area contributed by atoms with Crippen molar-refractivity contribution >= 4 is 11.6 Å². The van der Waals surface area contributed by atoms with Crippen molar-refractivity contribution in [3.63, 3.8) is 0 Å². The Balaban J connectivity index is 0.00000124. The van der Waals surface area contributed by atoms with Crippen LogP contribution in [0.5, 0.6) is 5.75 Å². The first-order valence-electron chi connectivity index (χ1n) is 9.80. The fraction of sp³-hybridized carbons (Fsp3) is 0.208. The van der Waals surface area contributed by atoms with Gasteiger partial charge in [-0.1, -0.05) is 49.0 Å². The average molecular weight is 423 g/mol. The van der Waals surface area contributed by atoms with Crippen LogP contribution in [0.4, 0.5) is 0 Å². The van der Waals surface area contributed by atoms with Gasteiger partial charge in [0.25, 0.3) is 0 Å². The number of ether oxygens (including phenoxy) is 1. The first-order chi connectivity index (χ1) is 14.6. The fourth-order valence-electron chi connectivity index (χ4n) is 3.59. The molecule has 30 heavy (non-hydrogen) atoms. The van der Waals surface area contributed by atoms with E-state index in [0.717, 1.165) is 52.6 Å². The maximum absolute atomic E-state index is 6.34. The van der Waals surface area contributed by atoms with Gasteiger partial charge in [0.15, 0.2) is 0 Å². The van der Waals surface area contributed by atoms with Crippen LogP contribution in [0, 0.1) is 0 Å². The summed E-state index contributed by atoms with van der Waals surface area (Å²) in [5, 5.41) is 0.737. The predicted octanol–water partition coefficient (Wildman–Crippen LogP) is 4.58. The molecule has 2 aliphatic rings. The summed E-state index contributed by atoms with van der Waals surface area (Å²) in [4.78, 5) is 6.29. The summed E-state index contributed by atoms with van der Waals surface area (Å²) < 4.78 is 6.31. The van der Waals surface area contributed by atoms with Crippen molar-refractivity contribution in [3.8, 4) is 5.75 Å². The van der Waals surface area contributed by atoms with Gasteiger partial charge in [-0.2, -0.15) is 0 Å². The van der Waals surface area contributed by atoms with Gasteiger partial charge in [0, 0.05) is 35.1 Å². The van der Waals surface area contributed by atoms with Crippen molar-refractivity contribution < 1.29 is 4.74 Å². The first-order valence-corrected chi connectivity index (χ1v) is 10.2. The van der Waals surface area contributed by atoms with Gasteiger partial charge in [-0.3, -0.25) is 16.7 Å². The van der Waals surface area contributed by atoms with E-state index < -0.39 is 0 Å². The molecule has 1 unspecified atom stereocenters. The molecule has 1 aliphatic carbocycles. The summed E-state index contributed by atoms with van der Waals surface area (Å²) in [7, 11) is 0. The minimum atomic E-state index is -0.0732. The van der Waals surface area contributed by atoms with Crippen LogP contribution in [0.3, 0.4) is 0 Å².